The van der Waals surface area contributed by atoms with E-state index in [0.717, 1.165) is 30.9 Å². The number of benzene rings is 3. The van der Waals surface area contributed by atoms with Gasteiger partial charge in [0.2, 0.25) is 0 Å². The molecule has 1 saturated heterocycles. The predicted octanol–water partition coefficient (Wildman–Crippen LogP) is 4.06. The number of ether oxygens (including phenoxy) is 2. The maximum atomic E-state index is 12.9. The van der Waals surface area contributed by atoms with Crippen molar-refractivity contribution in [2.45, 2.75) is 19.1 Å². The zero-order valence-electron chi connectivity index (χ0n) is 16.5. The Morgan fingerprint density at radius 3 is 2.86 bits per heavy atom. The van der Waals surface area contributed by atoms with E-state index in [2.05, 4.69) is 41.3 Å². The fraction of sp³-hybridized carbons (Fsp3) is 0.292. The zero-order valence-corrected chi connectivity index (χ0v) is 16.5. The van der Waals surface area contributed by atoms with Crippen molar-refractivity contribution in [3.8, 4) is 5.75 Å². The molecule has 5 nitrogen and oxygen atoms in total. The summed E-state index contributed by atoms with van der Waals surface area (Å²) in [5.74, 6) is 1.00. The van der Waals surface area contributed by atoms with E-state index in [1.807, 2.05) is 29.2 Å². The number of fused-ring (bicyclic) bond motifs is 3. The second kappa shape index (κ2) is 7.41. The number of hydrogen-bond acceptors (Lipinski definition) is 4. The van der Waals surface area contributed by atoms with Gasteiger partial charge in [-0.15, -0.1) is 0 Å². The Balaban J connectivity index is 1.41. The van der Waals surface area contributed by atoms with Crippen LogP contribution in [0.2, 0.25) is 0 Å². The molecular formula is C24H24N2O3. The molecule has 2 aliphatic rings. The number of anilines is 1. The lowest BCUT2D eigenvalue weighted by molar-refractivity contribution is 0.0724. The third-order valence-corrected chi connectivity index (χ3v) is 5.95. The number of rotatable bonds is 3. The molecule has 0 N–H and O–H groups in total. The average Bonchev–Trinajstić information content (AvgIpc) is 3.27. The minimum Gasteiger partial charge on any atom is -0.473 e. The van der Waals surface area contributed by atoms with E-state index in [1.165, 1.54) is 16.3 Å². The van der Waals surface area contributed by atoms with Crippen LogP contribution in [-0.2, 0) is 11.3 Å². The Kier molecular flexibility index (Phi) is 4.60. The third-order valence-electron chi connectivity index (χ3n) is 5.95. The van der Waals surface area contributed by atoms with Gasteiger partial charge >= 0.3 is 0 Å². The van der Waals surface area contributed by atoms with E-state index in [-0.39, 0.29) is 12.0 Å². The molecule has 2 aliphatic heterocycles. The quantitative estimate of drug-likeness (QED) is 0.679. The molecule has 148 valence electrons. The van der Waals surface area contributed by atoms with Crippen LogP contribution in [0, 0.1) is 0 Å². The molecule has 0 aliphatic carbocycles. The molecule has 2 heterocycles. The number of carbonyl (C=O) groups is 1. The maximum absolute atomic E-state index is 12.9. The summed E-state index contributed by atoms with van der Waals surface area (Å²) >= 11 is 0. The van der Waals surface area contributed by atoms with Crippen LogP contribution in [-0.4, -0.2) is 43.8 Å². The Morgan fingerprint density at radius 1 is 1.10 bits per heavy atom. The highest BCUT2D eigenvalue weighted by Crippen LogP contribution is 2.34. The van der Waals surface area contributed by atoms with Gasteiger partial charge in [0, 0.05) is 37.0 Å². The number of nitrogens with zero attached hydrogens (tertiary/aromatic N) is 2. The molecule has 1 amide bonds. The lowest BCUT2D eigenvalue weighted by Gasteiger charge is -2.32. The summed E-state index contributed by atoms with van der Waals surface area (Å²) < 4.78 is 11.4. The fourth-order valence-electron chi connectivity index (χ4n) is 4.29. The summed E-state index contributed by atoms with van der Waals surface area (Å²) in [6, 6.07) is 20.4. The highest BCUT2D eigenvalue weighted by atomic mass is 16.5. The summed E-state index contributed by atoms with van der Waals surface area (Å²) in [5, 5.41) is 2.42. The van der Waals surface area contributed by atoms with E-state index in [1.54, 1.807) is 7.11 Å². The molecule has 1 unspecified atom stereocenters. The van der Waals surface area contributed by atoms with E-state index in [4.69, 9.17) is 9.47 Å². The SMILES string of the molecule is COC1CCN(C(=O)c2cccc(N3COc4ccc5ccccc5c4C3)c2)C1. The number of carbonyl (C=O) groups excluding carboxylic acids is 1. The Morgan fingerprint density at radius 2 is 2.00 bits per heavy atom. The summed E-state index contributed by atoms with van der Waals surface area (Å²) in [5.41, 5.74) is 2.90. The van der Waals surface area contributed by atoms with Gasteiger partial charge in [-0.25, -0.2) is 0 Å². The minimum absolute atomic E-state index is 0.0650. The molecule has 0 bridgehead atoms. The first-order chi connectivity index (χ1) is 14.2. The van der Waals surface area contributed by atoms with Crippen LogP contribution >= 0.6 is 0 Å². The van der Waals surface area contributed by atoms with Crippen LogP contribution in [0.5, 0.6) is 5.75 Å². The van der Waals surface area contributed by atoms with Gasteiger partial charge in [-0.3, -0.25) is 4.79 Å². The molecular weight excluding hydrogens is 364 g/mol. The second-order valence-electron chi connectivity index (χ2n) is 7.68. The molecule has 1 atom stereocenters. The van der Waals surface area contributed by atoms with Gasteiger partial charge in [-0.2, -0.15) is 0 Å². The third kappa shape index (κ3) is 3.32. The van der Waals surface area contributed by atoms with Crippen molar-refractivity contribution < 1.29 is 14.3 Å². The summed E-state index contributed by atoms with van der Waals surface area (Å²) in [4.78, 5) is 17.0. The van der Waals surface area contributed by atoms with Gasteiger partial charge in [0.15, 0.2) is 6.73 Å². The van der Waals surface area contributed by atoms with Crippen molar-refractivity contribution in [1.29, 1.82) is 0 Å². The lowest BCUT2D eigenvalue weighted by Crippen LogP contribution is -2.33. The molecule has 1 fully saturated rings. The molecule has 29 heavy (non-hydrogen) atoms. The maximum Gasteiger partial charge on any atom is 0.254 e. The molecule has 0 saturated carbocycles. The summed E-state index contributed by atoms with van der Waals surface area (Å²) in [7, 11) is 1.71. The molecule has 0 radical (unpaired) electrons. The van der Waals surface area contributed by atoms with Crippen molar-refractivity contribution in [2.75, 3.05) is 31.8 Å². The monoisotopic (exact) mass is 388 g/mol. The van der Waals surface area contributed by atoms with Gasteiger partial charge in [-0.05, 0) is 41.5 Å². The van der Waals surface area contributed by atoms with Crippen molar-refractivity contribution in [1.82, 2.24) is 4.90 Å². The molecule has 0 spiro atoms. The van der Waals surface area contributed by atoms with Gasteiger partial charge in [0.25, 0.3) is 5.91 Å². The van der Waals surface area contributed by atoms with Gasteiger partial charge in [-0.1, -0.05) is 36.4 Å². The van der Waals surface area contributed by atoms with Crippen molar-refractivity contribution in [2.24, 2.45) is 0 Å². The molecule has 5 heteroatoms. The first-order valence-corrected chi connectivity index (χ1v) is 10.0. The number of hydrogen-bond donors (Lipinski definition) is 0. The summed E-state index contributed by atoms with van der Waals surface area (Å²) in [6.45, 7) is 2.63. The van der Waals surface area contributed by atoms with Crippen LogP contribution in [0.3, 0.4) is 0 Å². The Labute approximate surface area is 170 Å². The highest BCUT2D eigenvalue weighted by Gasteiger charge is 2.27. The molecule has 3 aromatic rings. The largest absolute Gasteiger partial charge is 0.473 e. The lowest BCUT2D eigenvalue weighted by atomic mass is 10.0. The van der Waals surface area contributed by atoms with Crippen LogP contribution in [0.25, 0.3) is 10.8 Å². The highest BCUT2D eigenvalue weighted by molar-refractivity contribution is 5.95. The first-order valence-electron chi connectivity index (χ1n) is 10.0. The van der Waals surface area contributed by atoms with E-state index >= 15 is 0 Å². The van der Waals surface area contributed by atoms with Crippen LogP contribution in [0.1, 0.15) is 22.3 Å². The van der Waals surface area contributed by atoms with Crippen molar-refractivity contribution >= 4 is 22.4 Å². The average molecular weight is 388 g/mol. The van der Waals surface area contributed by atoms with Crippen molar-refractivity contribution in [3.63, 3.8) is 0 Å². The second-order valence-corrected chi connectivity index (χ2v) is 7.68. The number of methoxy groups -OCH3 is 1. The van der Waals surface area contributed by atoms with E-state index < -0.39 is 0 Å². The standard InChI is InChI=1S/C24H24N2O3/c1-28-20-11-12-25(14-20)24(27)18-6-4-7-19(13-18)26-15-22-21-8-3-2-5-17(21)9-10-23(22)29-16-26/h2-10,13,20H,11-12,14-16H2,1H3. The topological polar surface area (TPSA) is 42.0 Å². The van der Waals surface area contributed by atoms with Crippen LogP contribution < -0.4 is 9.64 Å². The number of amides is 1. The van der Waals surface area contributed by atoms with Gasteiger partial charge < -0.3 is 19.3 Å². The first kappa shape index (κ1) is 18.0. The molecule has 0 aromatic heterocycles. The van der Waals surface area contributed by atoms with Gasteiger partial charge in [0.05, 0.1) is 12.6 Å². The Hall–Kier alpha value is -3.05. The predicted molar refractivity (Wildman–Crippen MR) is 113 cm³/mol. The van der Waals surface area contributed by atoms with Gasteiger partial charge in [0.1, 0.15) is 5.75 Å². The van der Waals surface area contributed by atoms with E-state index in [9.17, 15) is 4.79 Å². The fourth-order valence-corrected chi connectivity index (χ4v) is 4.29. The minimum atomic E-state index is 0.0650. The molecule has 5 rings (SSSR count). The van der Waals surface area contributed by atoms with E-state index in [0.29, 0.717) is 18.8 Å². The zero-order chi connectivity index (χ0) is 19.8. The smallest absolute Gasteiger partial charge is 0.254 e. The molecule has 3 aromatic carbocycles. The number of likely N-dealkylation sites (tertiary alicyclic amines) is 1. The van der Waals surface area contributed by atoms with Crippen LogP contribution in [0.4, 0.5) is 5.69 Å². The van der Waals surface area contributed by atoms with Crippen LogP contribution in [0.15, 0.2) is 60.7 Å². The summed E-state index contributed by atoms with van der Waals surface area (Å²) in [6.07, 6.45) is 1.04. The normalized spacial score (nSPS) is 18.6. The Bertz CT molecular complexity index is 1060. The van der Waals surface area contributed by atoms with Crippen molar-refractivity contribution in [3.05, 3.63) is 71.8 Å².